The molecule has 5 heteroatoms. The van der Waals surface area contributed by atoms with Gasteiger partial charge in [-0.25, -0.2) is 5.48 Å². The first-order chi connectivity index (χ1) is 13.7. The van der Waals surface area contributed by atoms with Crippen LogP contribution in [0.15, 0.2) is 54.7 Å². The summed E-state index contributed by atoms with van der Waals surface area (Å²) in [6.07, 6.45) is 9.52. The number of hydrogen-bond acceptors (Lipinski definition) is 3. The average Bonchev–Trinajstić information content (AvgIpc) is 3.15. The van der Waals surface area contributed by atoms with Crippen molar-refractivity contribution in [2.45, 2.75) is 31.7 Å². The molecule has 1 amide bonds. The second kappa shape index (κ2) is 8.42. The molecule has 1 aliphatic carbocycles. The van der Waals surface area contributed by atoms with Crippen molar-refractivity contribution in [2.75, 3.05) is 6.54 Å². The van der Waals surface area contributed by atoms with Crippen LogP contribution >= 0.6 is 0 Å². The number of aromatic amines is 1. The third kappa shape index (κ3) is 4.01. The van der Waals surface area contributed by atoms with E-state index in [1.54, 1.807) is 11.6 Å². The van der Waals surface area contributed by atoms with E-state index in [0.29, 0.717) is 6.04 Å². The number of hydroxylamine groups is 1. The molecule has 0 bridgehead atoms. The number of fused-ring (bicyclic) bond motifs is 2. The zero-order chi connectivity index (χ0) is 19.3. The van der Waals surface area contributed by atoms with Gasteiger partial charge < -0.3 is 10.3 Å². The van der Waals surface area contributed by atoms with E-state index in [0.717, 1.165) is 37.8 Å². The first-order valence-corrected chi connectivity index (χ1v) is 9.78. The van der Waals surface area contributed by atoms with Gasteiger partial charge >= 0.3 is 0 Å². The number of para-hydroxylation sites is 1. The SMILES string of the molecule is O=C(/C=C/c1ccc2c(c1)CCCC2NCCc1c[nH]c2ccccc12)NO. The molecule has 1 aromatic heterocycles. The van der Waals surface area contributed by atoms with E-state index in [9.17, 15) is 4.79 Å². The minimum Gasteiger partial charge on any atom is -0.361 e. The second-order valence-corrected chi connectivity index (χ2v) is 7.28. The number of aryl methyl sites for hydroxylation is 1. The van der Waals surface area contributed by atoms with Crippen LogP contribution in [0.2, 0.25) is 0 Å². The Morgan fingerprint density at radius 2 is 2.14 bits per heavy atom. The Kier molecular flexibility index (Phi) is 5.55. The second-order valence-electron chi connectivity index (χ2n) is 7.28. The number of benzene rings is 2. The zero-order valence-electron chi connectivity index (χ0n) is 15.7. The fourth-order valence-corrected chi connectivity index (χ4v) is 4.08. The van der Waals surface area contributed by atoms with Crippen LogP contribution in [0.4, 0.5) is 0 Å². The fourth-order valence-electron chi connectivity index (χ4n) is 4.08. The Bertz CT molecular complexity index is 1010. The van der Waals surface area contributed by atoms with Crippen LogP contribution in [0, 0.1) is 0 Å². The normalized spacial score (nSPS) is 16.4. The van der Waals surface area contributed by atoms with Crippen molar-refractivity contribution in [1.29, 1.82) is 0 Å². The number of aromatic nitrogens is 1. The number of nitrogens with one attached hydrogen (secondary N) is 3. The number of H-pyrrole nitrogens is 1. The molecule has 2 aromatic carbocycles. The standard InChI is InChI=1S/C23H25N3O2/c27-23(26-28)11-9-16-8-10-20-17(14-16)4-3-7-21(20)24-13-12-18-15-25-22-6-2-1-5-19(18)22/h1-2,5-6,8-11,14-15,21,24-25,28H,3-4,7,12-13H2,(H,26,27)/b11-9+. The maximum atomic E-state index is 11.2. The molecular weight excluding hydrogens is 350 g/mol. The van der Waals surface area contributed by atoms with E-state index >= 15 is 0 Å². The predicted octanol–water partition coefficient (Wildman–Crippen LogP) is 3.90. The van der Waals surface area contributed by atoms with E-state index in [2.05, 4.69) is 52.9 Å². The summed E-state index contributed by atoms with van der Waals surface area (Å²) in [4.78, 5) is 14.5. The van der Waals surface area contributed by atoms with Gasteiger partial charge in [-0.1, -0.05) is 36.4 Å². The van der Waals surface area contributed by atoms with Crippen LogP contribution in [0.3, 0.4) is 0 Å². The van der Waals surface area contributed by atoms with Gasteiger partial charge in [-0.3, -0.25) is 10.0 Å². The van der Waals surface area contributed by atoms with Gasteiger partial charge in [-0.05, 0) is 66.6 Å². The number of amides is 1. The molecule has 0 radical (unpaired) electrons. The van der Waals surface area contributed by atoms with Crippen LogP contribution < -0.4 is 10.8 Å². The number of hydrogen-bond donors (Lipinski definition) is 4. The zero-order valence-corrected chi connectivity index (χ0v) is 15.7. The minimum atomic E-state index is -0.519. The summed E-state index contributed by atoms with van der Waals surface area (Å²) in [6, 6.07) is 15.1. The first kappa shape index (κ1) is 18.5. The molecule has 4 rings (SSSR count). The Morgan fingerprint density at radius 3 is 3.04 bits per heavy atom. The van der Waals surface area contributed by atoms with Crippen LogP contribution in [-0.2, 0) is 17.6 Å². The largest absolute Gasteiger partial charge is 0.361 e. The summed E-state index contributed by atoms with van der Waals surface area (Å²) in [5, 5.41) is 13.6. The highest BCUT2D eigenvalue weighted by Gasteiger charge is 2.19. The molecule has 4 N–H and O–H groups in total. The molecular formula is C23H25N3O2. The molecule has 0 fully saturated rings. The van der Waals surface area contributed by atoms with Crippen molar-refractivity contribution in [3.05, 3.63) is 77.0 Å². The third-order valence-electron chi connectivity index (χ3n) is 5.48. The van der Waals surface area contributed by atoms with Crippen molar-refractivity contribution in [3.63, 3.8) is 0 Å². The van der Waals surface area contributed by atoms with Gasteiger partial charge in [0.25, 0.3) is 5.91 Å². The Balaban J connectivity index is 1.41. The molecule has 0 saturated carbocycles. The third-order valence-corrected chi connectivity index (χ3v) is 5.48. The molecule has 0 aliphatic heterocycles. The topological polar surface area (TPSA) is 77.2 Å². The van der Waals surface area contributed by atoms with E-state index in [1.807, 2.05) is 6.07 Å². The van der Waals surface area contributed by atoms with Gasteiger partial charge in [0, 0.05) is 29.2 Å². The lowest BCUT2D eigenvalue weighted by Gasteiger charge is -2.27. The smallest absolute Gasteiger partial charge is 0.267 e. The Hall–Kier alpha value is -2.89. The van der Waals surface area contributed by atoms with Crippen LogP contribution in [0.1, 0.15) is 41.1 Å². The molecule has 144 valence electrons. The average molecular weight is 375 g/mol. The lowest BCUT2D eigenvalue weighted by atomic mass is 9.86. The highest BCUT2D eigenvalue weighted by molar-refractivity contribution is 5.90. The van der Waals surface area contributed by atoms with Crippen LogP contribution in [0.5, 0.6) is 0 Å². The Labute approximate surface area is 164 Å². The van der Waals surface area contributed by atoms with Gasteiger partial charge in [0.1, 0.15) is 0 Å². The van der Waals surface area contributed by atoms with Gasteiger partial charge in [0.05, 0.1) is 0 Å². The number of carbonyl (C=O) groups excluding carboxylic acids is 1. The maximum absolute atomic E-state index is 11.2. The molecule has 5 nitrogen and oxygen atoms in total. The van der Waals surface area contributed by atoms with Crippen molar-refractivity contribution >= 4 is 22.9 Å². The lowest BCUT2D eigenvalue weighted by Crippen LogP contribution is -2.27. The lowest BCUT2D eigenvalue weighted by molar-refractivity contribution is -0.124. The van der Waals surface area contributed by atoms with E-state index in [1.165, 1.54) is 33.7 Å². The summed E-state index contributed by atoms with van der Waals surface area (Å²) in [5.41, 5.74) is 7.82. The Morgan fingerprint density at radius 1 is 1.25 bits per heavy atom. The van der Waals surface area contributed by atoms with Crippen LogP contribution in [-0.4, -0.2) is 22.6 Å². The first-order valence-electron chi connectivity index (χ1n) is 9.78. The predicted molar refractivity (Wildman–Crippen MR) is 111 cm³/mol. The summed E-state index contributed by atoms with van der Waals surface area (Å²) in [5.74, 6) is -0.519. The fraction of sp³-hybridized carbons (Fsp3) is 0.261. The summed E-state index contributed by atoms with van der Waals surface area (Å²) in [7, 11) is 0. The van der Waals surface area contributed by atoms with E-state index in [-0.39, 0.29) is 0 Å². The minimum absolute atomic E-state index is 0.368. The van der Waals surface area contributed by atoms with Gasteiger partial charge in [-0.2, -0.15) is 0 Å². The number of rotatable bonds is 6. The summed E-state index contributed by atoms with van der Waals surface area (Å²) < 4.78 is 0. The maximum Gasteiger partial charge on any atom is 0.267 e. The summed E-state index contributed by atoms with van der Waals surface area (Å²) >= 11 is 0. The van der Waals surface area contributed by atoms with E-state index in [4.69, 9.17) is 5.21 Å². The highest BCUT2D eigenvalue weighted by atomic mass is 16.5. The molecule has 3 aromatic rings. The molecule has 1 heterocycles. The molecule has 28 heavy (non-hydrogen) atoms. The highest BCUT2D eigenvalue weighted by Crippen LogP contribution is 2.30. The molecule has 1 atom stereocenters. The molecule has 1 unspecified atom stereocenters. The monoisotopic (exact) mass is 375 g/mol. The molecule has 0 saturated heterocycles. The van der Waals surface area contributed by atoms with Crippen molar-refractivity contribution < 1.29 is 10.0 Å². The molecule has 1 aliphatic rings. The number of carbonyl (C=O) groups is 1. The van der Waals surface area contributed by atoms with Crippen LogP contribution in [0.25, 0.3) is 17.0 Å². The van der Waals surface area contributed by atoms with Gasteiger partial charge in [0.2, 0.25) is 0 Å². The van der Waals surface area contributed by atoms with Gasteiger partial charge in [0.15, 0.2) is 0 Å². The van der Waals surface area contributed by atoms with Crippen molar-refractivity contribution in [2.24, 2.45) is 0 Å². The van der Waals surface area contributed by atoms with Gasteiger partial charge in [-0.15, -0.1) is 0 Å². The van der Waals surface area contributed by atoms with E-state index < -0.39 is 5.91 Å². The van der Waals surface area contributed by atoms with Crippen molar-refractivity contribution in [3.8, 4) is 0 Å². The molecule has 0 spiro atoms. The summed E-state index contributed by atoms with van der Waals surface area (Å²) in [6.45, 7) is 0.935. The van der Waals surface area contributed by atoms with Crippen molar-refractivity contribution in [1.82, 2.24) is 15.8 Å². The quantitative estimate of drug-likeness (QED) is 0.300.